The number of carbonyl (C=O) groups excluding carboxylic acids is 4. The number of amides is 4. The van der Waals surface area contributed by atoms with E-state index in [-0.39, 0.29) is 25.5 Å². The second-order valence-corrected chi connectivity index (χ2v) is 6.35. The van der Waals surface area contributed by atoms with Crippen molar-refractivity contribution >= 4 is 36.3 Å². The van der Waals surface area contributed by atoms with Gasteiger partial charge < -0.3 is 10.6 Å². The zero-order valence-electron chi connectivity index (χ0n) is 14.3. The molecule has 7 nitrogen and oxygen atoms in total. The molecule has 0 bridgehead atoms. The molecule has 8 heteroatoms. The molecule has 2 N–H and O–H groups in total. The highest BCUT2D eigenvalue weighted by molar-refractivity contribution is 7.80. The smallest absolute Gasteiger partial charge is 0.262 e. The van der Waals surface area contributed by atoms with Gasteiger partial charge in [0.25, 0.3) is 17.7 Å². The van der Waals surface area contributed by atoms with Gasteiger partial charge in [-0.2, -0.15) is 0 Å². The fourth-order valence-electron chi connectivity index (χ4n) is 2.72. The minimum Gasteiger partial charge on any atom is -0.353 e. The van der Waals surface area contributed by atoms with Crippen LogP contribution in [0.1, 0.15) is 31.1 Å². The zero-order chi connectivity index (χ0) is 19.4. The maximum atomic E-state index is 12.2. The lowest BCUT2D eigenvalue weighted by molar-refractivity contribution is -0.121. The van der Waals surface area contributed by atoms with Crippen molar-refractivity contribution in [1.82, 2.24) is 15.5 Å². The van der Waals surface area contributed by atoms with E-state index in [2.05, 4.69) is 23.3 Å². The van der Waals surface area contributed by atoms with Crippen LogP contribution in [0.5, 0.6) is 0 Å². The van der Waals surface area contributed by atoms with Crippen LogP contribution in [0.4, 0.5) is 0 Å². The molecule has 2 aromatic carbocycles. The largest absolute Gasteiger partial charge is 0.353 e. The average Bonchev–Trinajstić information content (AvgIpc) is 2.91. The van der Waals surface area contributed by atoms with Crippen molar-refractivity contribution in [3.8, 4) is 0 Å². The van der Waals surface area contributed by atoms with Crippen LogP contribution in [0.2, 0.25) is 0 Å². The first kappa shape index (κ1) is 18.7. The number of imide groups is 1. The van der Waals surface area contributed by atoms with Crippen molar-refractivity contribution in [3.05, 3.63) is 65.2 Å². The molecule has 1 aliphatic rings. The van der Waals surface area contributed by atoms with Gasteiger partial charge in [0.05, 0.1) is 16.7 Å². The van der Waals surface area contributed by atoms with Crippen molar-refractivity contribution in [2.45, 2.75) is 4.90 Å². The van der Waals surface area contributed by atoms with Gasteiger partial charge in [0.2, 0.25) is 5.91 Å². The van der Waals surface area contributed by atoms with E-state index in [4.69, 9.17) is 0 Å². The highest BCUT2D eigenvalue weighted by atomic mass is 32.1. The van der Waals surface area contributed by atoms with Crippen molar-refractivity contribution < 1.29 is 19.2 Å². The standard InChI is InChI=1S/C19H17N3O4S/c23-16(11-22-18(25)12-5-1-2-6-13(12)19(22)26)20-9-10-21-17(24)14-7-3-4-8-15(14)27/h1-8,27H,9-11H2,(H,20,23)(H,21,24). The quantitative estimate of drug-likeness (QED) is 0.396. The molecule has 1 aliphatic heterocycles. The number of fused-ring (bicyclic) bond motifs is 1. The van der Waals surface area contributed by atoms with Crippen LogP contribution in [0.15, 0.2) is 53.4 Å². The third-order valence-electron chi connectivity index (χ3n) is 4.06. The lowest BCUT2D eigenvalue weighted by Gasteiger charge is -2.14. The molecule has 3 rings (SSSR count). The Bertz CT molecular complexity index is 894. The molecular formula is C19H17N3O4S. The Morgan fingerprint density at radius 1 is 0.852 bits per heavy atom. The molecule has 0 saturated heterocycles. The van der Waals surface area contributed by atoms with Crippen LogP contribution in [-0.4, -0.2) is 48.2 Å². The Hall–Kier alpha value is -3.13. The molecule has 0 radical (unpaired) electrons. The second-order valence-electron chi connectivity index (χ2n) is 5.87. The first-order chi connectivity index (χ1) is 13.0. The summed E-state index contributed by atoms with van der Waals surface area (Å²) < 4.78 is 0. The predicted molar refractivity (Wildman–Crippen MR) is 101 cm³/mol. The molecular weight excluding hydrogens is 366 g/mol. The first-order valence-corrected chi connectivity index (χ1v) is 8.72. The molecule has 0 spiro atoms. The second kappa shape index (κ2) is 8.05. The molecule has 0 aromatic heterocycles. The summed E-state index contributed by atoms with van der Waals surface area (Å²) in [7, 11) is 0. The third kappa shape index (κ3) is 4.01. The van der Waals surface area contributed by atoms with E-state index in [1.54, 1.807) is 48.5 Å². The van der Waals surface area contributed by atoms with Crippen LogP contribution in [0.3, 0.4) is 0 Å². The number of hydrogen-bond donors (Lipinski definition) is 3. The van der Waals surface area contributed by atoms with Crippen LogP contribution >= 0.6 is 12.6 Å². The monoisotopic (exact) mass is 383 g/mol. The van der Waals surface area contributed by atoms with Gasteiger partial charge >= 0.3 is 0 Å². The topological polar surface area (TPSA) is 95.6 Å². The molecule has 2 aromatic rings. The van der Waals surface area contributed by atoms with Gasteiger partial charge in [0.15, 0.2) is 0 Å². The molecule has 4 amide bonds. The predicted octanol–water partition coefficient (Wildman–Crippen LogP) is 1.12. The van der Waals surface area contributed by atoms with Crippen molar-refractivity contribution in [2.24, 2.45) is 0 Å². The van der Waals surface area contributed by atoms with Gasteiger partial charge in [0.1, 0.15) is 6.54 Å². The highest BCUT2D eigenvalue weighted by Crippen LogP contribution is 2.21. The summed E-state index contributed by atoms with van der Waals surface area (Å²) in [6, 6.07) is 13.3. The number of carbonyl (C=O) groups is 4. The van der Waals surface area contributed by atoms with Crippen molar-refractivity contribution in [1.29, 1.82) is 0 Å². The fraction of sp³-hybridized carbons (Fsp3) is 0.158. The lowest BCUT2D eigenvalue weighted by Crippen LogP contribution is -2.42. The number of rotatable bonds is 6. The Balaban J connectivity index is 1.46. The molecule has 0 fully saturated rings. The van der Waals surface area contributed by atoms with E-state index in [0.717, 1.165) is 4.90 Å². The fourth-order valence-corrected chi connectivity index (χ4v) is 2.98. The van der Waals surface area contributed by atoms with Gasteiger partial charge in [-0.25, -0.2) is 0 Å². The van der Waals surface area contributed by atoms with Gasteiger partial charge in [0, 0.05) is 18.0 Å². The van der Waals surface area contributed by atoms with Crippen molar-refractivity contribution in [3.63, 3.8) is 0 Å². The SMILES string of the molecule is O=C(CN1C(=O)c2ccccc2C1=O)NCCNC(=O)c1ccccc1S. The van der Waals surface area contributed by atoms with E-state index < -0.39 is 17.7 Å². The number of thiol groups is 1. The van der Waals surface area contributed by atoms with Crippen LogP contribution in [0.25, 0.3) is 0 Å². The number of benzene rings is 2. The van der Waals surface area contributed by atoms with E-state index >= 15 is 0 Å². The molecule has 0 aliphatic carbocycles. The van der Waals surface area contributed by atoms with Crippen LogP contribution in [-0.2, 0) is 4.79 Å². The van der Waals surface area contributed by atoms with Gasteiger partial charge in [-0.3, -0.25) is 24.1 Å². The third-order valence-corrected chi connectivity index (χ3v) is 4.45. The molecule has 0 saturated carbocycles. The number of nitrogens with one attached hydrogen (secondary N) is 2. The van der Waals surface area contributed by atoms with E-state index in [1.807, 2.05) is 0 Å². The number of nitrogens with zero attached hydrogens (tertiary/aromatic N) is 1. The molecule has 138 valence electrons. The Labute approximate surface area is 161 Å². The molecule has 1 heterocycles. The van der Waals surface area contributed by atoms with E-state index in [0.29, 0.717) is 21.6 Å². The molecule has 0 atom stereocenters. The maximum absolute atomic E-state index is 12.2. The molecule has 0 unspecified atom stereocenters. The summed E-state index contributed by atoms with van der Waals surface area (Å²) in [5.41, 5.74) is 1.04. The summed E-state index contributed by atoms with van der Waals surface area (Å²) in [6.45, 7) is 0.0110. The van der Waals surface area contributed by atoms with E-state index in [9.17, 15) is 19.2 Å². The number of hydrogen-bond acceptors (Lipinski definition) is 5. The lowest BCUT2D eigenvalue weighted by atomic mass is 10.1. The van der Waals surface area contributed by atoms with Gasteiger partial charge in [-0.05, 0) is 24.3 Å². The highest BCUT2D eigenvalue weighted by Gasteiger charge is 2.36. The minimum absolute atomic E-state index is 0.169. The minimum atomic E-state index is -0.482. The normalized spacial score (nSPS) is 12.7. The maximum Gasteiger partial charge on any atom is 0.262 e. The van der Waals surface area contributed by atoms with Gasteiger partial charge in [-0.15, -0.1) is 12.6 Å². The van der Waals surface area contributed by atoms with Crippen molar-refractivity contribution in [2.75, 3.05) is 19.6 Å². The van der Waals surface area contributed by atoms with Gasteiger partial charge in [-0.1, -0.05) is 24.3 Å². The summed E-state index contributed by atoms with van der Waals surface area (Å²) in [4.78, 5) is 50.0. The summed E-state index contributed by atoms with van der Waals surface area (Å²) >= 11 is 4.22. The first-order valence-electron chi connectivity index (χ1n) is 8.27. The zero-order valence-corrected chi connectivity index (χ0v) is 15.2. The van der Waals surface area contributed by atoms with Crippen LogP contribution in [0, 0.1) is 0 Å². The summed E-state index contributed by atoms with van der Waals surface area (Å²) in [5, 5.41) is 5.25. The molecule has 27 heavy (non-hydrogen) atoms. The Morgan fingerprint density at radius 3 is 2.04 bits per heavy atom. The van der Waals surface area contributed by atoms with Crippen LogP contribution < -0.4 is 10.6 Å². The average molecular weight is 383 g/mol. The summed E-state index contributed by atoms with van der Waals surface area (Å²) in [5.74, 6) is -1.74. The van der Waals surface area contributed by atoms with E-state index in [1.165, 1.54) is 0 Å². The summed E-state index contributed by atoms with van der Waals surface area (Å²) in [6.07, 6.45) is 0. The Morgan fingerprint density at radius 2 is 1.41 bits per heavy atom. The Kier molecular flexibility index (Phi) is 5.56.